The molecule has 21 heavy (non-hydrogen) atoms. The number of oxime groups is 1. The molecule has 0 spiro atoms. The molecule has 1 saturated heterocycles. The van der Waals surface area contributed by atoms with Crippen LogP contribution in [0.15, 0.2) is 35.5 Å². The van der Waals surface area contributed by atoms with Crippen molar-refractivity contribution in [3.8, 4) is 0 Å². The SMILES string of the molecule is COC1(C)CCCN(CC(/C(N)=N/O)c2ccccc2)C1. The molecule has 0 amide bonds. The van der Waals surface area contributed by atoms with Gasteiger partial charge in [-0.05, 0) is 31.9 Å². The number of likely N-dealkylation sites (tertiary alicyclic amines) is 1. The van der Waals surface area contributed by atoms with Crippen LogP contribution in [0.2, 0.25) is 0 Å². The van der Waals surface area contributed by atoms with Gasteiger partial charge in [0.25, 0.3) is 0 Å². The number of nitrogens with zero attached hydrogens (tertiary/aromatic N) is 2. The van der Waals surface area contributed by atoms with Gasteiger partial charge in [-0.3, -0.25) is 4.90 Å². The number of ether oxygens (including phenoxy) is 1. The lowest BCUT2D eigenvalue weighted by atomic mass is 9.92. The van der Waals surface area contributed by atoms with Gasteiger partial charge in [-0.15, -0.1) is 0 Å². The van der Waals surface area contributed by atoms with Crippen LogP contribution in [0.1, 0.15) is 31.2 Å². The van der Waals surface area contributed by atoms with Crippen LogP contribution in [0.25, 0.3) is 0 Å². The number of amidine groups is 1. The zero-order chi connectivity index (χ0) is 15.3. The minimum absolute atomic E-state index is 0.101. The van der Waals surface area contributed by atoms with E-state index in [2.05, 4.69) is 17.0 Å². The third-order valence-corrected chi connectivity index (χ3v) is 4.35. The van der Waals surface area contributed by atoms with E-state index in [1.807, 2.05) is 30.3 Å². The maximum atomic E-state index is 9.06. The molecule has 1 heterocycles. The van der Waals surface area contributed by atoms with E-state index in [4.69, 9.17) is 15.7 Å². The fourth-order valence-corrected chi connectivity index (χ4v) is 3.01. The standard InChI is InChI=1S/C16H25N3O2/c1-16(21-2)9-6-10-19(12-16)11-14(15(17)18-20)13-7-4-3-5-8-13/h3-5,7-8,14,20H,6,9-12H2,1-2H3,(H2,17,18). The van der Waals surface area contributed by atoms with Gasteiger partial charge in [-0.1, -0.05) is 35.5 Å². The predicted octanol–water partition coefficient (Wildman–Crippen LogP) is 2.02. The lowest BCUT2D eigenvalue weighted by molar-refractivity contribution is -0.0508. The topological polar surface area (TPSA) is 71.1 Å². The normalized spacial score (nSPS) is 25.7. The van der Waals surface area contributed by atoms with E-state index in [1.165, 1.54) is 0 Å². The van der Waals surface area contributed by atoms with Crippen LogP contribution in [0.4, 0.5) is 0 Å². The Balaban J connectivity index is 2.13. The zero-order valence-corrected chi connectivity index (χ0v) is 12.8. The van der Waals surface area contributed by atoms with Crippen molar-refractivity contribution in [2.75, 3.05) is 26.7 Å². The quantitative estimate of drug-likeness (QED) is 0.377. The summed E-state index contributed by atoms with van der Waals surface area (Å²) in [5, 5.41) is 12.3. The maximum Gasteiger partial charge on any atom is 0.147 e. The van der Waals surface area contributed by atoms with E-state index in [0.29, 0.717) is 0 Å². The number of piperidine rings is 1. The van der Waals surface area contributed by atoms with Crippen LogP contribution >= 0.6 is 0 Å². The number of methoxy groups -OCH3 is 1. The van der Waals surface area contributed by atoms with Gasteiger partial charge in [-0.2, -0.15) is 0 Å². The van der Waals surface area contributed by atoms with Crippen molar-refractivity contribution in [3.63, 3.8) is 0 Å². The predicted molar refractivity (Wildman–Crippen MR) is 83.7 cm³/mol. The van der Waals surface area contributed by atoms with Crippen molar-refractivity contribution in [2.24, 2.45) is 10.9 Å². The fraction of sp³-hybridized carbons (Fsp3) is 0.562. The first kappa shape index (κ1) is 15.8. The Bertz CT molecular complexity index is 478. The molecule has 0 aromatic heterocycles. The van der Waals surface area contributed by atoms with Crippen molar-refractivity contribution in [1.29, 1.82) is 0 Å². The van der Waals surface area contributed by atoms with Crippen molar-refractivity contribution >= 4 is 5.84 Å². The van der Waals surface area contributed by atoms with Gasteiger partial charge >= 0.3 is 0 Å². The highest BCUT2D eigenvalue weighted by molar-refractivity contribution is 5.87. The third-order valence-electron chi connectivity index (χ3n) is 4.35. The van der Waals surface area contributed by atoms with Crippen LogP contribution in [0.5, 0.6) is 0 Å². The highest BCUT2D eigenvalue weighted by atomic mass is 16.5. The van der Waals surface area contributed by atoms with E-state index < -0.39 is 0 Å². The molecule has 5 heteroatoms. The van der Waals surface area contributed by atoms with E-state index in [1.54, 1.807) is 7.11 Å². The molecule has 0 bridgehead atoms. The summed E-state index contributed by atoms with van der Waals surface area (Å²) in [5.74, 6) is 0.154. The molecule has 1 aliphatic rings. The highest BCUT2D eigenvalue weighted by Crippen LogP contribution is 2.26. The molecular weight excluding hydrogens is 266 g/mol. The second-order valence-corrected chi connectivity index (χ2v) is 5.98. The lowest BCUT2D eigenvalue weighted by Crippen LogP contribution is -2.49. The van der Waals surface area contributed by atoms with Gasteiger partial charge in [0, 0.05) is 20.2 Å². The van der Waals surface area contributed by atoms with Crippen molar-refractivity contribution in [3.05, 3.63) is 35.9 Å². The second-order valence-electron chi connectivity index (χ2n) is 5.98. The molecule has 2 atom stereocenters. The molecule has 5 nitrogen and oxygen atoms in total. The molecule has 0 aliphatic carbocycles. The minimum Gasteiger partial charge on any atom is -0.409 e. The Labute approximate surface area is 126 Å². The summed E-state index contributed by atoms with van der Waals surface area (Å²) in [4.78, 5) is 2.34. The zero-order valence-electron chi connectivity index (χ0n) is 12.8. The summed E-state index contributed by atoms with van der Waals surface area (Å²) in [6, 6.07) is 9.95. The Morgan fingerprint density at radius 2 is 2.19 bits per heavy atom. The first-order chi connectivity index (χ1) is 10.1. The molecule has 1 aromatic rings. The van der Waals surface area contributed by atoms with Gasteiger partial charge in [0.05, 0.1) is 11.5 Å². The first-order valence-electron chi connectivity index (χ1n) is 7.38. The number of nitrogens with two attached hydrogens (primary N) is 1. The molecule has 1 aromatic carbocycles. The van der Waals surface area contributed by atoms with E-state index in [0.717, 1.165) is 38.0 Å². The Morgan fingerprint density at radius 3 is 2.81 bits per heavy atom. The molecule has 116 valence electrons. The molecular formula is C16H25N3O2. The summed E-state index contributed by atoms with van der Waals surface area (Å²) in [5.41, 5.74) is 6.87. The average molecular weight is 291 g/mol. The van der Waals surface area contributed by atoms with Crippen LogP contribution in [-0.4, -0.2) is 48.3 Å². The van der Waals surface area contributed by atoms with E-state index in [9.17, 15) is 0 Å². The van der Waals surface area contributed by atoms with Crippen molar-refractivity contribution in [1.82, 2.24) is 4.90 Å². The number of hydrogen-bond acceptors (Lipinski definition) is 4. The van der Waals surface area contributed by atoms with Gasteiger partial charge < -0.3 is 15.7 Å². The first-order valence-corrected chi connectivity index (χ1v) is 7.38. The Morgan fingerprint density at radius 1 is 1.48 bits per heavy atom. The van der Waals surface area contributed by atoms with Crippen LogP contribution in [0, 0.1) is 0 Å². The molecule has 1 fully saturated rings. The van der Waals surface area contributed by atoms with Gasteiger partial charge in [0.2, 0.25) is 0 Å². The fourth-order valence-electron chi connectivity index (χ4n) is 3.01. The molecule has 0 radical (unpaired) electrons. The Hall–Kier alpha value is -1.59. The second kappa shape index (κ2) is 6.91. The summed E-state index contributed by atoms with van der Waals surface area (Å²) >= 11 is 0. The van der Waals surface area contributed by atoms with Gasteiger partial charge in [0.1, 0.15) is 5.84 Å². The third kappa shape index (κ3) is 3.95. The van der Waals surface area contributed by atoms with Crippen LogP contribution in [-0.2, 0) is 4.74 Å². The molecule has 1 aliphatic heterocycles. The van der Waals surface area contributed by atoms with Crippen molar-refractivity contribution < 1.29 is 9.94 Å². The smallest absolute Gasteiger partial charge is 0.147 e. The maximum absolute atomic E-state index is 9.06. The summed E-state index contributed by atoms with van der Waals surface area (Å²) in [7, 11) is 1.77. The molecule has 3 N–H and O–H groups in total. The summed E-state index contributed by atoms with van der Waals surface area (Å²) in [6.45, 7) is 4.76. The lowest BCUT2D eigenvalue weighted by Gasteiger charge is -2.40. The van der Waals surface area contributed by atoms with Crippen LogP contribution < -0.4 is 5.73 Å². The monoisotopic (exact) mass is 291 g/mol. The molecule has 0 saturated carbocycles. The number of benzene rings is 1. The summed E-state index contributed by atoms with van der Waals surface area (Å²) in [6.07, 6.45) is 2.17. The van der Waals surface area contributed by atoms with E-state index in [-0.39, 0.29) is 17.4 Å². The number of rotatable bonds is 5. The number of hydrogen-bond donors (Lipinski definition) is 2. The average Bonchev–Trinajstić information content (AvgIpc) is 2.53. The van der Waals surface area contributed by atoms with Crippen LogP contribution in [0.3, 0.4) is 0 Å². The largest absolute Gasteiger partial charge is 0.409 e. The Kier molecular flexibility index (Phi) is 5.20. The van der Waals surface area contributed by atoms with E-state index >= 15 is 0 Å². The highest BCUT2D eigenvalue weighted by Gasteiger charge is 2.32. The van der Waals surface area contributed by atoms with Gasteiger partial charge in [-0.25, -0.2) is 0 Å². The van der Waals surface area contributed by atoms with Crippen molar-refractivity contribution in [2.45, 2.75) is 31.3 Å². The minimum atomic E-state index is -0.107. The van der Waals surface area contributed by atoms with Gasteiger partial charge in [0.15, 0.2) is 0 Å². The summed E-state index contributed by atoms with van der Waals surface area (Å²) < 4.78 is 5.63. The molecule has 2 unspecified atom stereocenters. The molecule has 2 rings (SSSR count).